The lowest BCUT2D eigenvalue weighted by atomic mass is 10.1. The van der Waals surface area contributed by atoms with Gasteiger partial charge in [-0.3, -0.25) is 0 Å². The third-order valence-corrected chi connectivity index (χ3v) is 2.80. The molecule has 4 nitrogen and oxygen atoms in total. The second-order valence-electron chi connectivity index (χ2n) is 4.39. The van der Waals surface area contributed by atoms with Crippen LogP contribution in [0, 0.1) is 0 Å². The van der Waals surface area contributed by atoms with E-state index in [0.717, 1.165) is 31.9 Å². The van der Waals surface area contributed by atoms with Crippen LogP contribution in [0.1, 0.15) is 12.5 Å². The van der Waals surface area contributed by atoms with Gasteiger partial charge in [0.2, 0.25) is 0 Å². The lowest BCUT2D eigenvalue weighted by Crippen LogP contribution is -2.34. The van der Waals surface area contributed by atoms with Crippen molar-refractivity contribution in [3.8, 4) is 5.75 Å². The van der Waals surface area contributed by atoms with Gasteiger partial charge in [0.25, 0.3) is 0 Å². The molecular weight excluding hydrogens is 242 g/mol. The molecule has 0 amide bonds. The lowest BCUT2D eigenvalue weighted by Gasteiger charge is -2.18. The van der Waals surface area contributed by atoms with E-state index in [1.807, 2.05) is 12.1 Å². The second-order valence-corrected chi connectivity index (χ2v) is 4.39. The molecule has 0 aliphatic heterocycles. The minimum Gasteiger partial charge on any atom is -0.487 e. The summed E-state index contributed by atoms with van der Waals surface area (Å²) in [6, 6.07) is 8.15. The van der Waals surface area contributed by atoms with Crippen molar-refractivity contribution >= 4 is 0 Å². The summed E-state index contributed by atoms with van der Waals surface area (Å²) < 4.78 is 16.1. The average Bonchev–Trinajstić information content (AvgIpc) is 2.44. The minimum atomic E-state index is 0.0368. The summed E-state index contributed by atoms with van der Waals surface area (Å²) in [4.78, 5) is 0. The zero-order chi connectivity index (χ0) is 13.9. The highest BCUT2D eigenvalue weighted by Crippen LogP contribution is 2.14. The molecule has 19 heavy (non-hydrogen) atoms. The fraction of sp³-hybridized carbons (Fsp3) is 0.600. The zero-order valence-corrected chi connectivity index (χ0v) is 12.1. The molecule has 0 saturated heterocycles. The summed E-state index contributed by atoms with van der Waals surface area (Å²) in [7, 11) is 3.41. The van der Waals surface area contributed by atoms with E-state index >= 15 is 0 Å². The van der Waals surface area contributed by atoms with Crippen LogP contribution in [0.15, 0.2) is 24.3 Å². The molecule has 0 heterocycles. The molecular formula is C15H25NO3. The topological polar surface area (TPSA) is 39.7 Å². The number of methoxy groups -OCH3 is 2. The predicted molar refractivity (Wildman–Crippen MR) is 76.9 cm³/mol. The zero-order valence-electron chi connectivity index (χ0n) is 12.1. The Morgan fingerprint density at radius 2 is 1.84 bits per heavy atom. The summed E-state index contributed by atoms with van der Waals surface area (Å²) in [5.41, 5.74) is 1.25. The first kappa shape index (κ1) is 16.0. The van der Waals surface area contributed by atoms with Crippen molar-refractivity contribution in [3.63, 3.8) is 0 Å². The van der Waals surface area contributed by atoms with Gasteiger partial charge in [-0.25, -0.2) is 0 Å². The van der Waals surface area contributed by atoms with Gasteiger partial charge >= 0.3 is 0 Å². The van der Waals surface area contributed by atoms with Crippen LogP contribution in [0.5, 0.6) is 5.75 Å². The Bertz CT molecular complexity index is 327. The Hall–Kier alpha value is -1.10. The molecule has 1 unspecified atom stereocenters. The molecule has 1 atom stereocenters. The predicted octanol–water partition coefficient (Wildman–Crippen LogP) is 1.88. The van der Waals surface area contributed by atoms with Crippen LogP contribution in [-0.2, 0) is 15.9 Å². The van der Waals surface area contributed by atoms with Gasteiger partial charge in [-0.2, -0.15) is 0 Å². The summed E-state index contributed by atoms with van der Waals surface area (Å²) in [5.74, 6) is 0.876. The van der Waals surface area contributed by atoms with Gasteiger partial charge in [0.15, 0.2) is 0 Å². The molecule has 0 fully saturated rings. The SMILES string of the molecule is CCNCC(COC)Oc1ccc(CCOC)cc1. The van der Waals surface area contributed by atoms with Crippen molar-refractivity contribution < 1.29 is 14.2 Å². The number of ether oxygens (including phenoxy) is 3. The molecule has 0 aliphatic rings. The van der Waals surface area contributed by atoms with Crippen LogP contribution in [0.25, 0.3) is 0 Å². The van der Waals surface area contributed by atoms with E-state index in [4.69, 9.17) is 14.2 Å². The van der Waals surface area contributed by atoms with Gasteiger partial charge in [0.1, 0.15) is 11.9 Å². The van der Waals surface area contributed by atoms with E-state index < -0.39 is 0 Å². The Kier molecular flexibility index (Phi) is 8.21. The minimum absolute atomic E-state index is 0.0368. The molecule has 0 saturated carbocycles. The molecule has 0 spiro atoms. The maximum absolute atomic E-state index is 5.90. The van der Waals surface area contributed by atoms with E-state index in [1.165, 1.54) is 5.56 Å². The van der Waals surface area contributed by atoms with Crippen LogP contribution in [-0.4, -0.2) is 46.6 Å². The fourth-order valence-electron chi connectivity index (χ4n) is 1.77. The van der Waals surface area contributed by atoms with Gasteiger partial charge in [-0.15, -0.1) is 0 Å². The van der Waals surface area contributed by atoms with Crippen LogP contribution in [0.3, 0.4) is 0 Å². The summed E-state index contributed by atoms with van der Waals surface area (Å²) in [6.45, 7) is 5.12. The Morgan fingerprint density at radius 1 is 1.11 bits per heavy atom. The van der Waals surface area contributed by atoms with Crippen LogP contribution in [0.2, 0.25) is 0 Å². The first-order chi connectivity index (χ1) is 9.30. The maximum Gasteiger partial charge on any atom is 0.134 e. The van der Waals surface area contributed by atoms with Crippen molar-refractivity contribution in [1.29, 1.82) is 0 Å². The molecule has 0 aliphatic carbocycles. The van der Waals surface area contributed by atoms with Crippen molar-refractivity contribution in [2.24, 2.45) is 0 Å². The number of nitrogens with one attached hydrogen (secondary N) is 1. The largest absolute Gasteiger partial charge is 0.487 e. The molecule has 108 valence electrons. The number of benzene rings is 1. The monoisotopic (exact) mass is 267 g/mol. The molecule has 1 aromatic rings. The van der Waals surface area contributed by atoms with Gasteiger partial charge in [0, 0.05) is 20.8 Å². The van der Waals surface area contributed by atoms with Crippen LogP contribution < -0.4 is 10.1 Å². The summed E-state index contributed by atoms with van der Waals surface area (Å²) in [6.07, 6.45) is 0.963. The Morgan fingerprint density at radius 3 is 2.42 bits per heavy atom. The van der Waals surface area contributed by atoms with E-state index in [0.29, 0.717) is 6.61 Å². The number of likely N-dealkylation sites (N-methyl/N-ethyl adjacent to an activating group) is 1. The van der Waals surface area contributed by atoms with E-state index in [2.05, 4.69) is 24.4 Å². The Labute approximate surface area is 116 Å². The quantitative estimate of drug-likeness (QED) is 0.702. The van der Waals surface area contributed by atoms with Gasteiger partial charge in [-0.05, 0) is 30.7 Å². The molecule has 0 radical (unpaired) electrons. The van der Waals surface area contributed by atoms with Gasteiger partial charge in [0.05, 0.1) is 13.2 Å². The maximum atomic E-state index is 5.90. The highest BCUT2D eigenvalue weighted by atomic mass is 16.5. The standard InChI is InChI=1S/C15H25NO3/c1-4-16-11-15(12-18-3)19-14-7-5-13(6-8-14)9-10-17-2/h5-8,15-16H,4,9-12H2,1-3H3. The van der Waals surface area contributed by atoms with E-state index in [-0.39, 0.29) is 6.10 Å². The summed E-state index contributed by atoms with van der Waals surface area (Å²) >= 11 is 0. The Balaban J connectivity index is 2.48. The molecule has 4 heteroatoms. The highest BCUT2D eigenvalue weighted by molar-refractivity contribution is 5.27. The molecule has 1 rings (SSSR count). The van der Waals surface area contributed by atoms with Crippen molar-refractivity contribution in [1.82, 2.24) is 5.32 Å². The molecule has 1 aromatic carbocycles. The van der Waals surface area contributed by atoms with Crippen molar-refractivity contribution in [2.75, 3.05) is 40.5 Å². The molecule has 0 aromatic heterocycles. The van der Waals surface area contributed by atoms with Crippen LogP contribution >= 0.6 is 0 Å². The van der Waals surface area contributed by atoms with Crippen molar-refractivity contribution in [3.05, 3.63) is 29.8 Å². The first-order valence-electron chi connectivity index (χ1n) is 6.74. The molecule has 0 bridgehead atoms. The van der Waals surface area contributed by atoms with Crippen molar-refractivity contribution in [2.45, 2.75) is 19.4 Å². The highest BCUT2D eigenvalue weighted by Gasteiger charge is 2.09. The van der Waals surface area contributed by atoms with E-state index in [9.17, 15) is 0 Å². The third-order valence-electron chi connectivity index (χ3n) is 2.80. The normalized spacial score (nSPS) is 12.4. The van der Waals surface area contributed by atoms with E-state index in [1.54, 1.807) is 14.2 Å². The number of rotatable bonds is 10. The number of hydrogen-bond donors (Lipinski definition) is 1. The molecule has 1 N–H and O–H groups in total. The summed E-state index contributed by atoms with van der Waals surface area (Å²) in [5, 5.41) is 3.27. The van der Waals surface area contributed by atoms with Crippen LogP contribution in [0.4, 0.5) is 0 Å². The van der Waals surface area contributed by atoms with Gasteiger partial charge < -0.3 is 19.5 Å². The second kappa shape index (κ2) is 9.78. The van der Waals surface area contributed by atoms with Gasteiger partial charge in [-0.1, -0.05) is 19.1 Å². The smallest absolute Gasteiger partial charge is 0.134 e. The first-order valence-corrected chi connectivity index (χ1v) is 6.74. The average molecular weight is 267 g/mol. The number of hydrogen-bond acceptors (Lipinski definition) is 4. The fourth-order valence-corrected chi connectivity index (χ4v) is 1.77. The lowest BCUT2D eigenvalue weighted by molar-refractivity contribution is 0.0809. The third kappa shape index (κ3) is 6.57.